The minimum Gasteiger partial charge on any atom is -0.392 e. The Morgan fingerprint density at radius 3 is 2.62 bits per heavy atom. The van der Waals surface area contributed by atoms with Crippen molar-refractivity contribution in [3.05, 3.63) is 65.7 Å². The van der Waals surface area contributed by atoms with E-state index in [4.69, 9.17) is 0 Å². The quantitative estimate of drug-likeness (QED) is 0.496. The van der Waals surface area contributed by atoms with Crippen LogP contribution < -0.4 is 10.0 Å². The lowest BCUT2D eigenvalue weighted by Gasteiger charge is -2.32. The molecule has 2 atom stereocenters. The van der Waals surface area contributed by atoms with Gasteiger partial charge in [-0.25, -0.2) is 13.1 Å². The van der Waals surface area contributed by atoms with E-state index in [1.165, 1.54) is 0 Å². The number of likely N-dealkylation sites (N-methyl/N-ethyl adjacent to an activating group) is 1. The summed E-state index contributed by atoms with van der Waals surface area (Å²) < 4.78 is 25.1. The molecule has 174 valence electrons. The molecular weight excluding hydrogens is 428 g/mol. The predicted molar refractivity (Wildman–Crippen MR) is 126 cm³/mol. The zero-order valence-electron chi connectivity index (χ0n) is 18.6. The monoisotopic (exact) mass is 460 g/mol. The lowest BCUT2D eigenvalue weighted by atomic mass is 10.0. The minimum absolute atomic E-state index is 0.0572. The van der Waals surface area contributed by atoms with E-state index in [0.717, 1.165) is 36.0 Å². The fourth-order valence-electron chi connectivity index (χ4n) is 3.83. The molecule has 1 fully saturated rings. The highest BCUT2D eigenvalue weighted by Crippen LogP contribution is 2.23. The smallest absolute Gasteiger partial charge is 0.242 e. The molecule has 32 heavy (non-hydrogen) atoms. The number of sulfonamides is 1. The Hall–Kier alpha value is -2.46. The molecule has 0 radical (unpaired) electrons. The molecule has 0 aliphatic carbocycles. The van der Waals surface area contributed by atoms with Crippen LogP contribution in [0.1, 0.15) is 23.6 Å². The van der Waals surface area contributed by atoms with Crippen LogP contribution >= 0.6 is 0 Å². The van der Waals surface area contributed by atoms with Gasteiger partial charge in [-0.1, -0.05) is 42.5 Å². The Kier molecular flexibility index (Phi) is 8.25. The Morgan fingerprint density at radius 1 is 1.22 bits per heavy atom. The van der Waals surface area contributed by atoms with E-state index >= 15 is 0 Å². The normalized spacial score (nSPS) is 17.8. The van der Waals surface area contributed by atoms with Gasteiger partial charge in [0.15, 0.2) is 0 Å². The number of likely N-dealkylation sites (tertiary alicyclic amines) is 1. The van der Waals surface area contributed by atoms with Gasteiger partial charge in [-0.05, 0) is 29.7 Å². The van der Waals surface area contributed by atoms with Gasteiger partial charge in [0.1, 0.15) is 0 Å². The molecule has 0 saturated carbocycles. The third-order valence-corrected chi connectivity index (χ3v) is 6.30. The Labute approximate surface area is 190 Å². The average Bonchev–Trinajstić information content (AvgIpc) is 3.19. The zero-order valence-corrected chi connectivity index (χ0v) is 19.4. The molecule has 2 aromatic rings. The van der Waals surface area contributed by atoms with E-state index in [1.807, 2.05) is 54.6 Å². The van der Waals surface area contributed by atoms with Crippen LogP contribution in [-0.4, -0.2) is 74.8 Å². The highest BCUT2D eigenvalue weighted by Gasteiger charge is 2.27. The van der Waals surface area contributed by atoms with E-state index in [1.54, 1.807) is 11.9 Å². The Balaban J connectivity index is 1.63. The maximum atomic E-state index is 13.0. The summed E-state index contributed by atoms with van der Waals surface area (Å²) in [5, 5.41) is 13.0. The standard InChI is InChI=1S/C23H32N4O4S/c1-26(22(19-8-4-3-5-9-19)17-27-12-11-21(28)16-27)23(29)15-24-20-10-6-7-18(13-20)14-25-32(2,30)31/h3-10,13,21-22,24-25,28H,11-12,14-17H2,1-2H3/t21-,22+/m0/s1. The van der Waals surface area contributed by atoms with Crippen molar-refractivity contribution in [3.63, 3.8) is 0 Å². The molecule has 2 aromatic carbocycles. The summed E-state index contributed by atoms with van der Waals surface area (Å²) in [5.74, 6) is -0.0572. The van der Waals surface area contributed by atoms with Crippen molar-refractivity contribution in [2.45, 2.75) is 25.1 Å². The zero-order chi connectivity index (χ0) is 23.1. The Morgan fingerprint density at radius 2 is 1.97 bits per heavy atom. The van der Waals surface area contributed by atoms with Crippen LogP contribution in [-0.2, 0) is 21.4 Å². The summed E-state index contributed by atoms with van der Waals surface area (Å²) in [4.78, 5) is 17.0. The van der Waals surface area contributed by atoms with Crippen molar-refractivity contribution in [2.24, 2.45) is 0 Å². The largest absolute Gasteiger partial charge is 0.392 e. The number of benzene rings is 2. The SMILES string of the molecule is CN(C(=O)CNc1cccc(CNS(C)(=O)=O)c1)[C@H](CN1CC[C@H](O)C1)c1ccccc1. The molecule has 1 aliphatic rings. The first kappa shape index (κ1) is 24.2. The van der Waals surface area contributed by atoms with Crippen molar-refractivity contribution >= 4 is 21.6 Å². The lowest BCUT2D eigenvalue weighted by molar-refractivity contribution is -0.130. The summed E-state index contributed by atoms with van der Waals surface area (Å²) in [5.41, 5.74) is 2.60. The number of hydrogen-bond donors (Lipinski definition) is 3. The number of amides is 1. The van der Waals surface area contributed by atoms with E-state index in [2.05, 4.69) is 14.9 Å². The maximum absolute atomic E-state index is 13.0. The third-order valence-electron chi connectivity index (χ3n) is 5.63. The van der Waals surface area contributed by atoms with E-state index in [-0.39, 0.29) is 31.1 Å². The molecule has 1 aliphatic heterocycles. The summed E-state index contributed by atoms with van der Waals surface area (Å²) in [6.07, 6.45) is 1.57. The van der Waals surface area contributed by atoms with Gasteiger partial charge in [0, 0.05) is 38.9 Å². The number of hydrogen-bond acceptors (Lipinski definition) is 6. The van der Waals surface area contributed by atoms with Gasteiger partial charge in [-0.2, -0.15) is 0 Å². The van der Waals surface area contributed by atoms with Crippen LogP contribution in [0.15, 0.2) is 54.6 Å². The highest BCUT2D eigenvalue weighted by atomic mass is 32.2. The first-order chi connectivity index (χ1) is 15.2. The fraction of sp³-hybridized carbons (Fsp3) is 0.435. The van der Waals surface area contributed by atoms with Crippen LogP contribution in [0.3, 0.4) is 0 Å². The number of aliphatic hydroxyl groups excluding tert-OH is 1. The van der Waals surface area contributed by atoms with E-state index < -0.39 is 10.0 Å². The molecule has 0 spiro atoms. The predicted octanol–water partition coefficient (Wildman–Crippen LogP) is 1.41. The van der Waals surface area contributed by atoms with Crippen LogP contribution in [0.4, 0.5) is 5.69 Å². The fourth-order valence-corrected chi connectivity index (χ4v) is 4.26. The lowest BCUT2D eigenvalue weighted by Crippen LogP contribution is -2.41. The van der Waals surface area contributed by atoms with E-state index in [0.29, 0.717) is 13.1 Å². The molecule has 1 amide bonds. The molecule has 1 saturated heterocycles. The first-order valence-corrected chi connectivity index (χ1v) is 12.6. The van der Waals surface area contributed by atoms with Gasteiger partial charge >= 0.3 is 0 Å². The minimum atomic E-state index is -3.27. The number of carbonyl (C=O) groups is 1. The summed E-state index contributed by atoms with van der Waals surface area (Å²) >= 11 is 0. The molecule has 9 heteroatoms. The Bertz CT molecular complexity index is 1000. The number of rotatable bonds is 10. The molecule has 0 bridgehead atoms. The van der Waals surface area contributed by atoms with Crippen molar-refractivity contribution < 1.29 is 18.3 Å². The van der Waals surface area contributed by atoms with E-state index in [9.17, 15) is 18.3 Å². The van der Waals surface area contributed by atoms with Gasteiger partial charge in [-0.15, -0.1) is 0 Å². The number of nitrogens with one attached hydrogen (secondary N) is 2. The van der Waals surface area contributed by atoms with Crippen LogP contribution in [0.5, 0.6) is 0 Å². The second-order valence-corrected chi connectivity index (χ2v) is 10.1. The topological polar surface area (TPSA) is 102 Å². The second kappa shape index (κ2) is 10.9. The van der Waals surface area contributed by atoms with Crippen molar-refractivity contribution in [1.29, 1.82) is 0 Å². The van der Waals surface area contributed by atoms with Gasteiger partial charge in [-0.3, -0.25) is 9.69 Å². The molecule has 8 nitrogen and oxygen atoms in total. The number of nitrogens with zero attached hydrogens (tertiary/aromatic N) is 2. The van der Waals surface area contributed by atoms with Crippen LogP contribution in [0.25, 0.3) is 0 Å². The summed E-state index contributed by atoms with van der Waals surface area (Å²) in [6.45, 7) is 2.42. The average molecular weight is 461 g/mol. The molecular formula is C23H32N4O4S. The number of aliphatic hydroxyl groups is 1. The van der Waals surface area contributed by atoms with Crippen molar-refractivity contribution in [3.8, 4) is 0 Å². The molecule has 0 unspecified atom stereocenters. The van der Waals surface area contributed by atoms with Crippen molar-refractivity contribution in [2.75, 3.05) is 44.8 Å². The molecule has 1 heterocycles. The molecule has 3 rings (SSSR count). The molecule has 3 N–H and O–H groups in total. The van der Waals surface area contributed by atoms with Crippen LogP contribution in [0.2, 0.25) is 0 Å². The van der Waals surface area contributed by atoms with Gasteiger partial charge in [0.25, 0.3) is 0 Å². The van der Waals surface area contributed by atoms with Gasteiger partial charge in [0.2, 0.25) is 15.9 Å². The number of carbonyl (C=O) groups excluding carboxylic acids is 1. The van der Waals surface area contributed by atoms with Crippen molar-refractivity contribution in [1.82, 2.24) is 14.5 Å². The maximum Gasteiger partial charge on any atom is 0.242 e. The summed E-state index contributed by atoms with van der Waals surface area (Å²) in [7, 11) is -1.47. The van der Waals surface area contributed by atoms with Crippen LogP contribution in [0, 0.1) is 0 Å². The summed E-state index contributed by atoms with van der Waals surface area (Å²) in [6, 6.07) is 17.1. The van der Waals surface area contributed by atoms with Gasteiger partial charge in [0.05, 0.1) is 24.9 Å². The highest BCUT2D eigenvalue weighted by molar-refractivity contribution is 7.88. The van der Waals surface area contributed by atoms with Gasteiger partial charge < -0.3 is 15.3 Å². The third kappa shape index (κ3) is 7.30. The first-order valence-electron chi connectivity index (χ1n) is 10.7. The second-order valence-electron chi connectivity index (χ2n) is 8.28. The number of anilines is 1. The number of β-amino-alcohol motifs (C(OH)–C–C–N with tert-alkyl or cyclic N) is 1. The molecule has 0 aromatic heterocycles.